The fourth-order valence-corrected chi connectivity index (χ4v) is 3.90. The van der Waals surface area contributed by atoms with E-state index in [0.717, 1.165) is 46.8 Å². The Balaban J connectivity index is 0.000000785. The van der Waals surface area contributed by atoms with Crippen LogP contribution in [0.4, 0.5) is 11.6 Å². The maximum Gasteiger partial charge on any atom is 0.132 e. The van der Waals surface area contributed by atoms with Gasteiger partial charge in [0.2, 0.25) is 0 Å². The number of aromatic nitrogens is 3. The molecule has 0 bridgehead atoms. The lowest BCUT2D eigenvalue weighted by Crippen LogP contribution is -2.24. The molecule has 7 heteroatoms. The van der Waals surface area contributed by atoms with E-state index in [9.17, 15) is 4.79 Å². The predicted octanol–water partition coefficient (Wildman–Crippen LogP) is 5.87. The first-order valence-corrected chi connectivity index (χ1v) is 11.5. The number of nitrogens with one attached hydrogen (secondary N) is 1. The molecule has 3 aromatic heterocycles. The third-order valence-corrected chi connectivity index (χ3v) is 5.17. The number of carbonyl (C=O) groups excluding carboxylic acids is 1. The molecule has 0 atom stereocenters. The van der Waals surface area contributed by atoms with Crippen LogP contribution in [0.15, 0.2) is 42.7 Å². The second-order valence-electron chi connectivity index (χ2n) is 7.55. The summed E-state index contributed by atoms with van der Waals surface area (Å²) in [5.74, 6) is 1.76. The molecule has 0 radical (unpaired) electrons. The van der Waals surface area contributed by atoms with Crippen molar-refractivity contribution in [3.8, 4) is 10.6 Å². The normalized spacial score (nSPS) is 10.5. The van der Waals surface area contributed by atoms with Crippen molar-refractivity contribution in [3.05, 3.63) is 53.3 Å². The second kappa shape index (κ2) is 12.9. The van der Waals surface area contributed by atoms with Crippen LogP contribution in [0.1, 0.15) is 51.1 Å². The fourth-order valence-electron chi connectivity index (χ4n) is 2.97. The molecule has 0 unspecified atom stereocenters. The Bertz CT molecular complexity index is 946. The third kappa shape index (κ3) is 8.94. The standard InChI is InChI=1S/C21H27N5S.C3H6O/c1-4-11-26(12-5-2)15-21-23-14-18(27-21)17-7-6-8-19(24-17)25-20-13-16(3)9-10-22-20;1-3(2)4/h6-10,13-14H,4-5,11-12,15H2,1-3H3,(H,22,24,25);1-2H3. The molecule has 0 fully saturated rings. The van der Waals surface area contributed by atoms with Gasteiger partial charge >= 0.3 is 0 Å². The molecule has 3 aromatic rings. The number of anilines is 2. The highest BCUT2D eigenvalue weighted by Gasteiger charge is 2.10. The van der Waals surface area contributed by atoms with Gasteiger partial charge < -0.3 is 10.1 Å². The summed E-state index contributed by atoms with van der Waals surface area (Å²) in [6.45, 7) is 12.7. The van der Waals surface area contributed by atoms with Crippen LogP contribution >= 0.6 is 11.3 Å². The summed E-state index contributed by atoms with van der Waals surface area (Å²) in [4.78, 5) is 26.7. The Kier molecular flexibility index (Phi) is 10.3. The van der Waals surface area contributed by atoms with Crippen LogP contribution in [0.5, 0.6) is 0 Å². The minimum atomic E-state index is 0.167. The van der Waals surface area contributed by atoms with E-state index in [1.165, 1.54) is 32.3 Å². The summed E-state index contributed by atoms with van der Waals surface area (Å²) < 4.78 is 0. The van der Waals surface area contributed by atoms with E-state index in [1.807, 2.05) is 36.5 Å². The zero-order valence-electron chi connectivity index (χ0n) is 19.2. The third-order valence-electron chi connectivity index (χ3n) is 4.17. The van der Waals surface area contributed by atoms with E-state index >= 15 is 0 Å². The lowest BCUT2D eigenvalue weighted by atomic mass is 10.3. The molecule has 3 rings (SSSR count). The van der Waals surface area contributed by atoms with Gasteiger partial charge in [-0.25, -0.2) is 15.0 Å². The monoisotopic (exact) mass is 439 g/mol. The van der Waals surface area contributed by atoms with Crippen molar-refractivity contribution in [3.63, 3.8) is 0 Å². The van der Waals surface area contributed by atoms with Gasteiger partial charge in [0, 0.05) is 12.4 Å². The van der Waals surface area contributed by atoms with Crippen molar-refractivity contribution in [2.24, 2.45) is 0 Å². The molecular formula is C24H33N5OS. The van der Waals surface area contributed by atoms with Crippen LogP contribution in [0.3, 0.4) is 0 Å². The van der Waals surface area contributed by atoms with Crippen LogP contribution in [0, 0.1) is 6.92 Å². The quantitative estimate of drug-likeness (QED) is 0.450. The van der Waals surface area contributed by atoms with Crippen LogP contribution < -0.4 is 5.32 Å². The molecule has 0 saturated heterocycles. The average Bonchev–Trinajstić information content (AvgIpc) is 3.17. The number of nitrogens with zero attached hydrogens (tertiary/aromatic N) is 4. The summed E-state index contributed by atoms with van der Waals surface area (Å²) in [7, 11) is 0. The van der Waals surface area contributed by atoms with Gasteiger partial charge in [0.15, 0.2) is 0 Å². The van der Waals surface area contributed by atoms with E-state index < -0.39 is 0 Å². The van der Waals surface area contributed by atoms with Crippen molar-refractivity contribution in [1.82, 2.24) is 19.9 Å². The number of pyridine rings is 2. The molecule has 0 aromatic carbocycles. The van der Waals surface area contributed by atoms with Crippen molar-refractivity contribution >= 4 is 28.8 Å². The van der Waals surface area contributed by atoms with Gasteiger partial charge in [-0.15, -0.1) is 11.3 Å². The summed E-state index contributed by atoms with van der Waals surface area (Å²) >= 11 is 1.72. The van der Waals surface area contributed by atoms with Gasteiger partial charge in [0.1, 0.15) is 22.4 Å². The average molecular weight is 440 g/mol. The molecule has 0 spiro atoms. The molecule has 3 heterocycles. The van der Waals surface area contributed by atoms with Gasteiger partial charge in [-0.2, -0.15) is 0 Å². The SMILES string of the molecule is CC(C)=O.CCCN(CCC)Cc1ncc(-c2cccc(Nc3cc(C)ccn3)n2)s1. The molecule has 0 amide bonds. The predicted molar refractivity (Wildman–Crippen MR) is 130 cm³/mol. The van der Waals surface area contributed by atoms with E-state index in [-0.39, 0.29) is 5.78 Å². The highest BCUT2D eigenvalue weighted by Crippen LogP contribution is 2.27. The highest BCUT2D eigenvalue weighted by atomic mass is 32.1. The molecule has 0 saturated carbocycles. The molecule has 31 heavy (non-hydrogen) atoms. The van der Waals surface area contributed by atoms with Crippen LogP contribution in [0.2, 0.25) is 0 Å². The van der Waals surface area contributed by atoms with Gasteiger partial charge in [0.25, 0.3) is 0 Å². The number of hydrogen-bond acceptors (Lipinski definition) is 7. The van der Waals surface area contributed by atoms with Crippen molar-refractivity contribution < 1.29 is 4.79 Å². The molecule has 0 aliphatic heterocycles. The molecule has 166 valence electrons. The van der Waals surface area contributed by atoms with Gasteiger partial charge in [-0.1, -0.05) is 19.9 Å². The maximum atomic E-state index is 9.44. The Morgan fingerprint density at radius 1 is 1.06 bits per heavy atom. The van der Waals surface area contributed by atoms with Crippen molar-refractivity contribution in [2.75, 3.05) is 18.4 Å². The smallest absolute Gasteiger partial charge is 0.132 e. The molecule has 6 nitrogen and oxygen atoms in total. The summed E-state index contributed by atoms with van der Waals surface area (Å²) in [6.07, 6.45) is 6.07. The van der Waals surface area contributed by atoms with Crippen molar-refractivity contribution in [1.29, 1.82) is 0 Å². The summed E-state index contributed by atoms with van der Waals surface area (Å²) in [5, 5.41) is 4.43. The van der Waals surface area contributed by atoms with E-state index in [2.05, 4.69) is 41.0 Å². The largest absolute Gasteiger partial charge is 0.325 e. The lowest BCUT2D eigenvalue weighted by molar-refractivity contribution is -0.114. The number of hydrogen-bond donors (Lipinski definition) is 1. The molecule has 0 aliphatic carbocycles. The van der Waals surface area contributed by atoms with Crippen LogP contribution in [0.25, 0.3) is 10.6 Å². The first-order valence-electron chi connectivity index (χ1n) is 10.7. The first-order chi connectivity index (χ1) is 14.9. The van der Waals surface area contributed by atoms with Crippen LogP contribution in [-0.4, -0.2) is 38.7 Å². The Morgan fingerprint density at radius 2 is 1.77 bits per heavy atom. The minimum absolute atomic E-state index is 0.167. The molecule has 0 aliphatic rings. The van der Waals surface area contributed by atoms with Crippen molar-refractivity contribution in [2.45, 2.75) is 54.0 Å². The number of carbonyl (C=O) groups is 1. The molecular weight excluding hydrogens is 406 g/mol. The molecule has 1 N–H and O–H groups in total. The maximum absolute atomic E-state index is 9.44. The lowest BCUT2D eigenvalue weighted by Gasteiger charge is -2.19. The Morgan fingerprint density at radius 3 is 2.42 bits per heavy atom. The number of rotatable bonds is 9. The van der Waals surface area contributed by atoms with E-state index in [1.54, 1.807) is 17.5 Å². The zero-order chi connectivity index (χ0) is 22.6. The summed E-state index contributed by atoms with van der Waals surface area (Å²) in [6, 6.07) is 9.99. The zero-order valence-corrected chi connectivity index (χ0v) is 20.0. The fraction of sp³-hybridized carbons (Fsp3) is 0.417. The van der Waals surface area contributed by atoms with E-state index in [0.29, 0.717) is 0 Å². The Labute approximate surface area is 189 Å². The first kappa shape index (κ1) is 24.6. The number of Topliss-reactive ketones (excluding diaryl/α,β-unsaturated/α-hetero) is 1. The minimum Gasteiger partial charge on any atom is -0.325 e. The number of aryl methyl sites for hydroxylation is 1. The summed E-state index contributed by atoms with van der Waals surface area (Å²) in [5.41, 5.74) is 2.11. The number of thiazole rings is 1. The number of ketones is 1. The second-order valence-corrected chi connectivity index (χ2v) is 8.67. The Hall–Kier alpha value is -2.64. The highest BCUT2D eigenvalue weighted by molar-refractivity contribution is 7.15. The van der Waals surface area contributed by atoms with Gasteiger partial charge in [-0.05, 0) is 76.5 Å². The van der Waals surface area contributed by atoms with Gasteiger partial charge in [-0.3, -0.25) is 4.90 Å². The van der Waals surface area contributed by atoms with Crippen LogP contribution in [-0.2, 0) is 11.3 Å². The van der Waals surface area contributed by atoms with E-state index in [4.69, 9.17) is 4.98 Å². The topological polar surface area (TPSA) is 71.0 Å². The van der Waals surface area contributed by atoms with Gasteiger partial charge in [0.05, 0.1) is 17.1 Å².